The van der Waals surface area contributed by atoms with Crippen molar-refractivity contribution in [3.63, 3.8) is 0 Å². The van der Waals surface area contributed by atoms with Crippen molar-refractivity contribution in [3.8, 4) is 0 Å². The van der Waals surface area contributed by atoms with E-state index in [1.807, 2.05) is 40.1 Å². The molecule has 3 aliphatic rings. The average Bonchev–Trinajstić information content (AvgIpc) is 3.09. The van der Waals surface area contributed by atoms with Gasteiger partial charge >= 0.3 is 6.03 Å². The number of rotatable bonds is 3. The van der Waals surface area contributed by atoms with Crippen LogP contribution in [0.4, 0.5) is 4.79 Å². The van der Waals surface area contributed by atoms with E-state index in [1.165, 1.54) is 0 Å². The molecule has 3 heterocycles. The zero-order valence-electron chi connectivity index (χ0n) is 17.3. The number of likely N-dealkylation sites (tertiary alicyclic amines) is 2. The molecule has 0 saturated carbocycles. The molecule has 0 aromatic heterocycles. The Kier molecular flexibility index (Phi) is 6.06. The minimum absolute atomic E-state index is 0.0102. The van der Waals surface area contributed by atoms with E-state index in [2.05, 4.69) is 17.3 Å². The van der Waals surface area contributed by atoms with Crippen LogP contribution in [-0.4, -0.2) is 85.7 Å². The van der Waals surface area contributed by atoms with E-state index >= 15 is 0 Å². The van der Waals surface area contributed by atoms with Gasteiger partial charge in [0.2, 0.25) is 5.91 Å². The number of amides is 3. The van der Waals surface area contributed by atoms with Crippen LogP contribution in [0, 0.1) is 5.41 Å². The van der Waals surface area contributed by atoms with Gasteiger partial charge in [0.1, 0.15) is 0 Å². The lowest BCUT2D eigenvalue weighted by molar-refractivity contribution is -0.139. The Labute approximate surface area is 173 Å². The van der Waals surface area contributed by atoms with Crippen molar-refractivity contribution >= 4 is 11.9 Å². The van der Waals surface area contributed by atoms with Gasteiger partial charge in [-0.3, -0.25) is 9.69 Å². The van der Waals surface area contributed by atoms with Gasteiger partial charge in [-0.05, 0) is 37.3 Å². The third-order valence-electron chi connectivity index (χ3n) is 6.75. The van der Waals surface area contributed by atoms with Crippen LogP contribution in [-0.2, 0) is 16.1 Å². The van der Waals surface area contributed by atoms with Crippen LogP contribution in [0.3, 0.4) is 0 Å². The van der Waals surface area contributed by atoms with E-state index in [4.69, 9.17) is 4.74 Å². The summed E-state index contributed by atoms with van der Waals surface area (Å²) in [6.07, 6.45) is 2.82. The summed E-state index contributed by atoms with van der Waals surface area (Å²) >= 11 is 0. The van der Waals surface area contributed by atoms with Crippen molar-refractivity contribution < 1.29 is 14.3 Å². The zero-order valence-corrected chi connectivity index (χ0v) is 17.3. The van der Waals surface area contributed by atoms with E-state index in [0.29, 0.717) is 32.8 Å². The first-order chi connectivity index (χ1) is 14.1. The minimum atomic E-state index is -0.0356. The van der Waals surface area contributed by atoms with Crippen molar-refractivity contribution in [2.24, 2.45) is 5.41 Å². The molecule has 1 aromatic carbocycles. The molecule has 3 amide bonds. The van der Waals surface area contributed by atoms with Gasteiger partial charge in [-0.1, -0.05) is 30.3 Å². The number of piperidine rings is 1. The normalized spacial score (nSPS) is 24.7. The van der Waals surface area contributed by atoms with Crippen LogP contribution >= 0.6 is 0 Å². The maximum atomic E-state index is 13.0. The second-order valence-electron chi connectivity index (χ2n) is 8.70. The van der Waals surface area contributed by atoms with Gasteiger partial charge in [0, 0.05) is 39.3 Å². The molecule has 3 fully saturated rings. The summed E-state index contributed by atoms with van der Waals surface area (Å²) in [6.45, 7) is 5.69. The van der Waals surface area contributed by atoms with Crippen molar-refractivity contribution in [1.82, 2.24) is 20.0 Å². The maximum Gasteiger partial charge on any atom is 0.317 e. The van der Waals surface area contributed by atoms with Gasteiger partial charge in [-0.15, -0.1) is 0 Å². The van der Waals surface area contributed by atoms with Crippen LogP contribution in [0.15, 0.2) is 30.3 Å². The topological polar surface area (TPSA) is 65.1 Å². The number of ether oxygens (including phenoxy) is 1. The van der Waals surface area contributed by atoms with Gasteiger partial charge in [0.15, 0.2) is 0 Å². The Morgan fingerprint density at radius 3 is 2.45 bits per heavy atom. The number of benzene rings is 1. The lowest BCUT2D eigenvalue weighted by Crippen LogP contribution is -2.49. The highest BCUT2D eigenvalue weighted by atomic mass is 16.5. The molecule has 1 aromatic rings. The quantitative estimate of drug-likeness (QED) is 0.836. The molecule has 1 N–H and O–H groups in total. The number of hydrogen-bond acceptors (Lipinski definition) is 4. The molecule has 29 heavy (non-hydrogen) atoms. The van der Waals surface area contributed by atoms with E-state index in [9.17, 15) is 9.59 Å². The van der Waals surface area contributed by atoms with Crippen LogP contribution in [0.2, 0.25) is 0 Å². The fourth-order valence-corrected chi connectivity index (χ4v) is 4.97. The Morgan fingerprint density at radius 2 is 1.76 bits per heavy atom. The molecule has 1 spiro atoms. The molecule has 158 valence electrons. The second-order valence-corrected chi connectivity index (χ2v) is 8.70. The van der Waals surface area contributed by atoms with E-state index < -0.39 is 0 Å². The average molecular weight is 401 g/mol. The van der Waals surface area contributed by atoms with Gasteiger partial charge in [0.25, 0.3) is 0 Å². The number of carbonyl (C=O) groups is 2. The molecule has 0 radical (unpaired) electrons. The Morgan fingerprint density at radius 1 is 1.07 bits per heavy atom. The maximum absolute atomic E-state index is 13.0. The molecule has 1 atom stereocenters. The van der Waals surface area contributed by atoms with Crippen LogP contribution in [0.25, 0.3) is 0 Å². The van der Waals surface area contributed by atoms with Gasteiger partial charge in [-0.25, -0.2) is 4.79 Å². The minimum Gasteiger partial charge on any atom is -0.378 e. The molecule has 7 nitrogen and oxygen atoms in total. The summed E-state index contributed by atoms with van der Waals surface area (Å²) in [6, 6.07) is 9.96. The first-order valence-corrected chi connectivity index (χ1v) is 10.7. The fourth-order valence-electron chi connectivity index (χ4n) is 4.97. The number of carbonyl (C=O) groups excluding carboxylic acids is 2. The number of urea groups is 1. The number of nitrogens with one attached hydrogen (secondary N) is 1. The predicted octanol–water partition coefficient (Wildman–Crippen LogP) is 1.54. The fraction of sp³-hybridized carbons (Fsp3) is 0.636. The SMILES string of the molecule is CN1CC2(CCN(C(=O)NCc3ccccc3)CC2)CC1C(=O)N1CCOCC1. The number of likely N-dealkylation sites (N-methyl/N-ethyl adjacent to an activating group) is 1. The lowest BCUT2D eigenvalue weighted by Gasteiger charge is -2.39. The highest BCUT2D eigenvalue weighted by Crippen LogP contribution is 2.43. The molecule has 7 heteroatoms. The zero-order chi connectivity index (χ0) is 20.3. The predicted molar refractivity (Wildman–Crippen MR) is 110 cm³/mol. The van der Waals surface area contributed by atoms with Crippen molar-refractivity contribution in [3.05, 3.63) is 35.9 Å². The molecule has 0 aliphatic carbocycles. The molecular weight excluding hydrogens is 368 g/mol. The van der Waals surface area contributed by atoms with Gasteiger partial charge < -0.3 is 19.9 Å². The third kappa shape index (κ3) is 4.56. The van der Waals surface area contributed by atoms with Crippen molar-refractivity contribution in [2.45, 2.75) is 31.8 Å². The number of nitrogens with zero attached hydrogens (tertiary/aromatic N) is 3. The highest BCUT2D eigenvalue weighted by Gasteiger charge is 2.48. The van der Waals surface area contributed by atoms with Crippen molar-refractivity contribution in [2.75, 3.05) is 53.0 Å². The van der Waals surface area contributed by atoms with Gasteiger partial charge in [-0.2, -0.15) is 0 Å². The first-order valence-electron chi connectivity index (χ1n) is 10.7. The summed E-state index contributed by atoms with van der Waals surface area (Å²) in [5, 5.41) is 3.03. The third-order valence-corrected chi connectivity index (χ3v) is 6.75. The molecule has 0 bridgehead atoms. The van der Waals surface area contributed by atoms with Crippen molar-refractivity contribution in [1.29, 1.82) is 0 Å². The van der Waals surface area contributed by atoms with Gasteiger partial charge in [0.05, 0.1) is 19.3 Å². The molecule has 3 aliphatic heterocycles. The number of hydrogen-bond donors (Lipinski definition) is 1. The summed E-state index contributed by atoms with van der Waals surface area (Å²) in [5.41, 5.74) is 1.26. The summed E-state index contributed by atoms with van der Waals surface area (Å²) in [4.78, 5) is 31.6. The molecule has 4 rings (SSSR count). The summed E-state index contributed by atoms with van der Waals surface area (Å²) < 4.78 is 5.38. The Bertz CT molecular complexity index is 712. The smallest absolute Gasteiger partial charge is 0.317 e. The van der Waals surface area contributed by atoms with E-state index in [1.54, 1.807) is 0 Å². The first kappa shape index (κ1) is 20.2. The summed E-state index contributed by atoms with van der Waals surface area (Å²) in [5.74, 6) is 0.246. The van der Waals surface area contributed by atoms with Crippen LogP contribution < -0.4 is 5.32 Å². The lowest BCUT2D eigenvalue weighted by atomic mass is 9.76. The van der Waals surface area contributed by atoms with Crippen LogP contribution in [0.1, 0.15) is 24.8 Å². The monoisotopic (exact) mass is 400 g/mol. The van der Waals surface area contributed by atoms with E-state index in [-0.39, 0.29) is 23.4 Å². The summed E-state index contributed by atoms with van der Waals surface area (Å²) in [7, 11) is 2.07. The second kappa shape index (κ2) is 8.71. The molecule has 3 saturated heterocycles. The molecular formula is C22H32N4O3. The largest absolute Gasteiger partial charge is 0.378 e. The standard InChI is InChI=1S/C22H32N4O3/c1-24-17-22(15-19(24)20(27)25-11-13-29-14-12-25)7-9-26(10-8-22)21(28)23-16-18-5-3-2-4-6-18/h2-6,19H,7-17H2,1H3,(H,23,28). The Hall–Kier alpha value is -2.12. The van der Waals surface area contributed by atoms with Crippen LogP contribution in [0.5, 0.6) is 0 Å². The number of morpholine rings is 1. The molecule has 1 unspecified atom stereocenters. The Balaban J connectivity index is 1.28. The van der Waals surface area contributed by atoms with E-state index in [0.717, 1.165) is 44.5 Å². The highest BCUT2D eigenvalue weighted by molar-refractivity contribution is 5.82.